The average molecular weight is 472 g/mol. The molecule has 0 aliphatic heterocycles. The fraction of sp³-hybridized carbons (Fsp3) is 0.125. The summed E-state index contributed by atoms with van der Waals surface area (Å²) in [5, 5.41) is 8.20. The summed E-state index contributed by atoms with van der Waals surface area (Å²) in [6.45, 7) is 4.10. The molecule has 4 nitrogen and oxygen atoms in total. The van der Waals surface area contributed by atoms with Crippen LogP contribution in [0, 0.1) is 13.8 Å². The summed E-state index contributed by atoms with van der Waals surface area (Å²) in [7, 11) is 0. The van der Waals surface area contributed by atoms with Gasteiger partial charge in [-0.05, 0) is 54.7 Å². The number of aromatic nitrogens is 2. The van der Waals surface area contributed by atoms with Crippen molar-refractivity contribution < 1.29 is 4.79 Å². The third kappa shape index (κ3) is 5.13. The lowest BCUT2D eigenvalue weighted by molar-refractivity contribution is 0.0928. The third-order valence-corrected chi connectivity index (χ3v) is 6.39. The van der Waals surface area contributed by atoms with Gasteiger partial charge in [0.05, 0.1) is 17.4 Å². The van der Waals surface area contributed by atoms with Crippen LogP contribution in [0.25, 0.3) is 16.9 Å². The number of hydrogen-bond acceptors (Lipinski definition) is 2. The Morgan fingerprint density at radius 1 is 0.806 bits per heavy atom. The lowest BCUT2D eigenvalue weighted by Gasteiger charge is -2.20. The van der Waals surface area contributed by atoms with Crippen LogP contribution in [-0.2, 0) is 6.42 Å². The predicted octanol–water partition coefficient (Wildman–Crippen LogP) is 6.87. The second kappa shape index (κ2) is 10.4. The summed E-state index contributed by atoms with van der Waals surface area (Å²) >= 11 is 0. The van der Waals surface area contributed by atoms with Crippen molar-refractivity contribution in [3.05, 3.63) is 143 Å². The third-order valence-electron chi connectivity index (χ3n) is 6.39. The Labute approximate surface area is 212 Å². The average Bonchev–Trinajstić information content (AvgIpc) is 3.37. The molecule has 1 aromatic heterocycles. The summed E-state index contributed by atoms with van der Waals surface area (Å²) in [5.41, 5.74) is 7.56. The molecule has 1 unspecified atom stereocenters. The van der Waals surface area contributed by atoms with Gasteiger partial charge in [0.25, 0.3) is 5.91 Å². The van der Waals surface area contributed by atoms with E-state index in [2.05, 4.69) is 54.7 Å². The summed E-state index contributed by atoms with van der Waals surface area (Å²) in [5.74, 6) is -0.157. The molecule has 0 aliphatic rings. The fourth-order valence-electron chi connectivity index (χ4n) is 4.44. The van der Waals surface area contributed by atoms with Crippen LogP contribution in [0.15, 0.2) is 115 Å². The van der Waals surface area contributed by atoms with Crippen LogP contribution in [0.4, 0.5) is 0 Å². The van der Waals surface area contributed by atoms with E-state index in [1.807, 2.05) is 79.7 Å². The van der Waals surface area contributed by atoms with E-state index in [0.29, 0.717) is 12.1 Å². The first-order valence-electron chi connectivity index (χ1n) is 12.2. The molecule has 0 bridgehead atoms. The van der Waals surface area contributed by atoms with E-state index in [4.69, 9.17) is 5.10 Å². The maximum atomic E-state index is 13.9. The number of rotatable bonds is 7. The standard InChI is InChI=1S/C32H29N3O/c1-23-18-19-24(2)30(20-23)35-31(22-29(34-35)27-16-10-5-11-17-27)32(36)33-28(26-14-8-4-9-15-26)21-25-12-6-3-7-13-25/h3-20,22,28H,21H2,1-2H3,(H,33,36). The van der Waals surface area contributed by atoms with Crippen molar-refractivity contribution in [1.29, 1.82) is 0 Å². The van der Waals surface area contributed by atoms with Crippen molar-refractivity contribution in [1.82, 2.24) is 15.1 Å². The van der Waals surface area contributed by atoms with Crippen molar-refractivity contribution in [2.75, 3.05) is 0 Å². The number of carbonyl (C=O) groups is 1. The van der Waals surface area contributed by atoms with Crippen LogP contribution in [-0.4, -0.2) is 15.7 Å². The zero-order chi connectivity index (χ0) is 24.9. The molecule has 178 valence electrons. The maximum Gasteiger partial charge on any atom is 0.270 e. The highest BCUT2D eigenvalue weighted by Gasteiger charge is 2.22. The number of nitrogens with one attached hydrogen (secondary N) is 1. The first-order valence-corrected chi connectivity index (χ1v) is 12.2. The van der Waals surface area contributed by atoms with Crippen LogP contribution >= 0.6 is 0 Å². The van der Waals surface area contributed by atoms with Gasteiger partial charge in [0.2, 0.25) is 0 Å². The zero-order valence-corrected chi connectivity index (χ0v) is 20.6. The molecule has 1 amide bonds. The smallest absolute Gasteiger partial charge is 0.270 e. The highest BCUT2D eigenvalue weighted by molar-refractivity contribution is 5.94. The lowest BCUT2D eigenvalue weighted by Crippen LogP contribution is -2.31. The van der Waals surface area contributed by atoms with Gasteiger partial charge < -0.3 is 5.32 Å². The molecule has 1 atom stereocenters. The number of nitrogens with zero attached hydrogens (tertiary/aromatic N) is 2. The van der Waals surface area contributed by atoms with Gasteiger partial charge in [-0.3, -0.25) is 4.79 Å². The molecule has 0 aliphatic carbocycles. The Morgan fingerprint density at radius 3 is 2.14 bits per heavy atom. The van der Waals surface area contributed by atoms with Crippen LogP contribution in [0.5, 0.6) is 0 Å². The highest BCUT2D eigenvalue weighted by Crippen LogP contribution is 2.25. The largest absolute Gasteiger partial charge is 0.344 e. The molecule has 4 aromatic carbocycles. The second-order valence-corrected chi connectivity index (χ2v) is 9.11. The summed E-state index contributed by atoms with van der Waals surface area (Å²) < 4.78 is 1.78. The normalized spacial score (nSPS) is 11.7. The highest BCUT2D eigenvalue weighted by atomic mass is 16.2. The number of aryl methyl sites for hydroxylation is 2. The molecule has 0 saturated heterocycles. The van der Waals surface area contributed by atoms with Crippen molar-refractivity contribution in [2.45, 2.75) is 26.3 Å². The Hall–Kier alpha value is -4.44. The molecule has 1 N–H and O–H groups in total. The Bertz CT molecular complexity index is 1460. The van der Waals surface area contributed by atoms with Crippen LogP contribution < -0.4 is 5.32 Å². The van der Waals surface area contributed by atoms with E-state index < -0.39 is 0 Å². The molecular weight excluding hydrogens is 442 g/mol. The number of hydrogen-bond donors (Lipinski definition) is 1. The van der Waals surface area contributed by atoms with Gasteiger partial charge in [0, 0.05) is 5.56 Å². The summed E-state index contributed by atoms with van der Waals surface area (Å²) in [6.07, 6.45) is 0.694. The monoisotopic (exact) mass is 471 g/mol. The second-order valence-electron chi connectivity index (χ2n) is 9.11. The molecule has 36 heavy (non-hydrogen) atoms. The van der Waals surface area contributed by atoms with Crippen LogP contribution in [0.3, 0.4) is 0 Å². The summed E-state index contributed by atoms with van der Waals surface area (Å²) in [4.78, 5) is 13.9. The molecule has 0 saturated carbocycles. The molecule has 0 fully saturated rings. The molecule has 4 heteroatoms. The van der Waals surface area contributed by atoms with E-state index in [-0.39, 0.29) is 11.9 Å². The van der Waals surface area contributed by atoms with Gasteiger partial charge in [0.15, 0.2) is 0 Å². The molecule has 0 radical (unpaired) electrons. The maximum absolute atomic E-state index is 13.9. The van der Waals surface area contributed by atoms with E-state index in [9.17, 15) is 4.79 Å². The Morgan fingerprint density at radius 2 is 1.44 bits per heavy atom. The minimum Gasteiger partial charge on any atom is -0.344 e. The summed E-state index contributed by atoms with van der Waals surface area (Å²) in [6, 6.07) is 38.3. The minimum atomic E-state index is -0.178. The predicted molar refractivity (Wildman–Crippen MR) is 145 cm³/mol. The quantitative estimate of drug-likeness (QED) is 0.282. The molecule has 5 rings (SSSR count). The number of amides is 1. The van der Waals surface area contributed by atoms with Crippen molar-refractivity contribution in [3.8, 4) is 16.9 Å². The molecule has 1 heterocycles. The number of benzene rings is 4. The zero-order valence-electron chi connectivity index (χ0n) is 20.6. The Kier molecular flexibility index (Phi) is 6.76. The molecule has 0 spiro atoms. The van der Waals surface area contributed by atoms with Gasteiger partial charge in [-0.2, -0.15) is 5.10 Å². The molecule has 5 aromatic rings. The molecular formula is C32H29N3O. The first-order chi connectivity index (χ1) is 17.6. The van der Waals surface area contributed by atoms with E-state index in [1.165, 1.54) is 5.56 Å². The van der Waals surface area contributed by atoms with Gasteiger partial charge in [0.1, 0.15) is 5.69 Å². The van der Waals surface area contributed by atoms with Crippen molar-refractivity contribution in [3.63, 3.8) is 0 Å². The van der Waals surface area contributed by atoms with Gasteiger partial charge in [-0.15, -0.1) is 0 Å². The van der Waals surface area contributed by atoms with Crippen LogP contribution in [0.1, 0.15) is 38.8 Å². The number of carbonyl (C=O) groups excluding carboxylic acids is 1. The van der Waals surface area contributed by atoms with E-state index >= 15 is 0 Å². The van der Waals surface area contributed by atoms with Gasteiger partial charge in [-0.25, -0.2) is 4.68 Å². The van der Waals surface area contributed by atoms with Gasteiger partial charge >= 0.3 is 0 Å². The Balaban J connectivity index is 1.55. The van der Waals surface area contributed by atoms with Crippen molar-refractivity contribution in [2.24, 2.45) is 0 Å². The first kappa shape index (κ1) is 23.3. The van der Waals surface area contributed by atoms with Gasteiger partial charge in [-0.1, -0.05) is 103 Å². The van der Waals surface area contributed by atoms with Crippen LogP contribution in [0.2, 0.25) is 0 Å². The van der Waals surface area contributed by atoms with E-state index in [1.54, 1.807) is 4.68 Å². The van der Waals surface area contributed by atoms with Crippen molar-refractivity contribution >= 4 is 5.91 Å². The minimum absolute atomic E-state index is 0.157. The SMILES string of the molecule is Cc1ccc(C)c(-n2nc(-c3ccccc3)cc2C(=O)NC(Cc2ccccc2)c2ccccc2)c1. The fourth-order valence-corrected chi connectivity index (χ4v) is 4.44. The van der Waals surface area contributed by atoms with E-state index in [0.717, 1.165) is 33.6 Å². The topological polar surface area (TPSA) is 46.9 Å². The lowest BCUT2D eigenvalue weighted by atomic mass is 9.98.